The van der Waals surface area contributed by atoms with E-state index in [1.165, 1.54) is 7.11 Å². The Labute approximate surface area is 84.4 Å². The van der Waals surface area contributed by atoms with Crippen LogP contribution in [0.15, 0.2) is 24.3 Å². The Kier molecular flexibility index (Phi) is 6.37. The zero-order valence-corrected chi connectivity index (χ0v) is 8.54. The predicted octanol–water partition coefficient (Wildman–Crippen LogP) is 2.03. The summed E-state index contributed by atoms with van der Waals surface area (Å²) in [5.41, 5.74) is 1.65. The van der Waals surface area contributed by atoms with Crippen LogP contribution in [0, 0.1) is 0 Å². The Bertz CT molecular complexity index is 241. The molecule has 0 bridgehead atoms. The standard InChI is InChI=1S/C11H16O3/c1-9(5-4-8-12)10(2)6-7-11(13)14-3/h8H,1-2,4-7H2,3H3. The number of ether oxygens (including phenoxy) is 1. The Morgan fingerprint density at radius 3 is 2.29 bits per heavy atom. The molecule has 0 aliphatic heterocycles. The first kappa shape index (κ1) is 12.6. The molecule has 14 heavy (non-hydrogen) atoms. The van der Waals surface area contributed by atoms with Crippen molar-refractivity contribution in [1.82, 2.24) is 0 Å². The van der Waals surface area contributed by atoms with Gasteiger partial charge in [-0.3, -0.25) is 4.79 Å². The van der Waals surface area contributed by atoms with E-state index in [4.69, 9.17) is 0 Å². The van der Waals surface area contributed by atoms with Gasteiger partial charge in [0.2, 0.25) is 0 Å². The molecular weight excluding hydrogens is 180 g/mol. The van der Waals surface area contributed by atoms with Crippen molar-refractivity contribution < 1.29 is 14.3 Å². The average molecular weight is 196 g/mol. The number of hydrogen-bond donors (Lipinski definition) is 0. The minimum atomic E-state index is -0.255. The van der Waals surface area contributed by atoms with Crippen molar-refractivity contribution in [2.24, 2.45) is 0 Å². The molecule has 0 rings (SSSR count). The van der Waals surface area contributed by atoms with Crippen molar-refractivity contribution in [3.05, 3.63) is 24.3 Å². The number of rotatable bonds is 7. The summed E-state index contributed by atoms with van der Waals surface area (Å²) < 4.78 is 4.50. The predicted molar refractivity (Wildman–Crippen MR) is 54.8 cm³/mol. The van der Waals surface area contributed by atoms with Crippen molar-refractivity contribution in [3.63, 3.8) is 0 Å². The normalized spacial score (nSPS) is 9.21. The molecule has 0 atom stereocenters. The Hall–Kier alpha value is -1.38. The minimum Gasteiger partial charge on any atom is -0.469 e. The number of methoxy groups -OCH3 is 1. The first-order valence-corrected chi connectivity index (χ1v) is 4.48. The van der Waals surface area contributed by atoms with Gasteiger partial charge in [0.15, 0.2) is 0 Å². The quantitative estimate of drug-likeness (QED) is 0.355. The van der Waals surface area contributed by atoms with Gasteiger partial charge in [0.1, 0.15) is 6.29 Å². The second-order valence-electron chi connectivity index (χ2n) is 2.99. The molecule has 0 aromatic heterocycles. The van der Waals surface area contributed by atoms with Crippen LogP contribution in [-0.4, -0.2) is 19.4 Å². The Morgan fingerprint density at radius 2 is 1.79 bits per heavy atom. The molecule has 3 nitrogen and oxygen atoms in total. The highest BCUT2D eigenvalue weighted by molar-refractivity contribution is 5.69. The summed E-state index contributed by atoms with van der Waals surface area (Å²) in [6.45, 7) is 7.58. The average Bonchev–Trinajstić information content (AvgIpc) is 2.21. The van der Waals surface area contributed by atoms with Crippen molar-refractivity contribution >= 4 is 12.3 Å². The lowest BCUT2D eigenvalue weighted by Crippen LogP contribution is -2.01. The fraction of sp³-hybridized carbons (Fsp3) is 0.455. The van der Waals surface area contributed by atoms with E-state index in [2.05, 4.69) is 17.9 Å². The molecular formula is C11H16O3. The topological polar surface area (TPSA) is 43.4 Å². The van der Waals surface area contributed by atoms with E-state index in [1.807, 2.05) is 0 Å². The first-order valence-electron chi connectivity index (χ1n) is 4.48. The van der Waals surface area contributed by atoms with Crippen molar-refractivity contribution in [3.8, 4) is 0 Å². The van der Waals surface area contributed by atoms with E-state index in [9.17, 15) is 9.59 Å². The summed E-state index contributed by atoms with van der Waals surface area (Å²) in [7, 11) is 1.35. The molecule has 0 heterocycles. The van der Waals surface area contributed by atoms with Crippen LogP contribution < -0.4 is 0 Å². The number of aldehydes is 1. The molecule has 0 aromatic rings. The summed E-state index contributed by atoms with van der Waals surface area (Å²) in [5, 5.41) is 0. The van der Waals surface area contributed by atoms with Gasteiger partial charge in [-0.1, -0.05) is 24.3 Å². The Balaban J connectivity index is 3.78. The number of esters is 1. The van der Waals surface area contributed by atoms with Crippen molar-refractivity contribution in [2.75, 3.05) is 7.11 Å². The maximum atomic E-state index is 10.8. The van der Waals surface area contributed by atoms with Crippen LogP contribution in [0.2, 0.25) is 0 Å². The summed E-state index contributed by atoms with van der Waals surface area (Å²) in [4.78, 5) is 20.9. The number of allylic oxidation sites excluding steroid dienone is 2. The largest absolute Gasteiger partial charge is 0.469 e. The van der Waals surface area contributed by atoms with Gasteiger partial charge >= 0.3 is 5.97 Å². The molecule has 0 N–H and O–H groups in total. The Morgan fingerprint density at radius 1 is 1.21 bits per heavy atom. The van der Waals surface area contributed by atoms with Crippen LogP contribution in [0.1, 0.15) is 25.7 Å². The highest BCUT2D eigenvalue weighted by Gasteiger charge is 2.04. The summed E-state index contributed by atoms with van der Waals surface area (Å²) in [6, 6.07) is 0. The number of carbonyl (C=O) groups is 2. The highest BCUT2D eigenvalue weighted by atomic mass is 16.5. The van der Waals surface area contributed by atoms with Gasteiger partial charge in [-0.25, -0.2) is 0 Å². The van der Waals surface area contributed by atoms with E-state index in [-0.39, 0.29) is 5.97 Å². The third-order valence-corrected chi connectivity index (χ3v) is 1.92. The van der Waals surface area contributed by atoms with Gasteiger partial charge in [-0.15, -0.1) is 0 Å². The molecule has 0 aliphatic rings. The van der Waals surface area contributed by atoms with E-state index >= 15 is 0 Å². The third kappa shape index (κ3) is 5.30. The SMILES string of the molecule is C=C(CCC=O)C(=C)CCC(=O)OC. The van der Waals surface area contributed by atoms with Crippen molar-refractivity contribution in [2.45, 2.75) is 25.7 Å². The molecule has 0 spiro atoms. The lowest BCUT2D eigenvalue weighted by atomic mass is 10.0. The molecule has 0 unspecified atom stereocenters. The van der Waals surface area contributed by atoms with Gasteiger partial charge in [0.05, 0.1) is 7.11 Å². The summed E-state index contributed by atoms with van der Waals surface area (Å²) in [6.07, 6.45) is 2.78. The maximum Gasteiger partial charge on any atom is 0.305 e. The zero-order valence-electron chi connectivity index (χ0n) is 8.54. The van der Waals surface area contributed by atoms with Crippen LogP contribution >= 0.6 is 0 Å². The smallest absolute Gasteiger partial charge is 0.305 e. The minimum absolute atomic E-state index is 0.255. The molecule has 0 radical (unpaired) electrons. The van der Waals surface area contributed by atoms with Gasteiger partial charge in [0.25, 0.3) is 0 Å². The summed E-state index contributed by atoms with van der Waals surface area (Å²) >= 11 is 0. The number of carbonyl (C=O) groups excluding carboxylic acids is 2. The second kappa shape index (κ2) is 7.06. The second-order valence-corrected chi connectivity index (χ2v) is 2.99. The molecule has 0 saturated heterocycles. The maximum absolute atomic E-state index is 10.8. The van der Waals surface area contributed by atoms with E-state index in [0.717, 1.165) is 17.4 Å². The van der Waals surface area contributed by atoms with Crippen LogP contribution in [0.3, 0.4) is 0 Å². The lowest BCUT2D eigenvalue weighted by molar-refractivity contribution is -0.140. The molecule has 3 heteroatoms. The third-order valence-electron chi connectivity index (χ3n) is 1.92. The van der Waals surface area contributed by atoms with Crippen LogP contribution in [0.4, 0.5) is 0 Å². The van der Waals surface area contributed by atoms with Crippen molar-refractivity contribution in [1.29, 1.82) is 0 Å². The van der Waals surface area contributed by atoms with Crippen LogP contribution in [0.25, 0.3) is 0 Å². The van der Waals surface area contributed by atoms with Gasteiger partial charge in [0, 0.05) is 12.8 Å². The molecule has 0 aliphatic carbocycles. The molecule has 0 aromatic carbocycles. The van der Waals surface area contributed by atoms with Gasteiger partial charge in [-0.05, 0) is 12.8 Å². The molecule has 78 valence electrons. The van der Waals surface area contributed by atoms with Gasteiger partial charge < -0.3 is 9.53 Å². The van der Waals surface area contributed by atoms with Gasteiger partial charge in [-0.2, -0.15) is 0 Å². The summed E-state index contributed by atoms with van der Waals surface area (Å²) in [5.74, 6) is -0.255. The zero-order chi connectivity index (χ0) is 11.0. The molecule has 0 saturated carbocycles. The fourth-order valence-corrected chi connectivity index (χ4v) is 0.942. The lowest BCUT2D eigenvalue weighted by Gasteiger charge is -2.06. The van der Waals surface area contributed by atoms with Crippen LogP contribution in [-0.2, 0) is 14.3 Å². The molecule has 0 fully saturated rings. The van der Waals surface area contributed by atoms with E-state index in [0.29, 0.717) is 25.7 Å². The fourth-order valence-electron chi connectivity index (χ4n) is 0.942. The van der Waals surface area contributed by atoms with E-state index in [1.54, 1.807) is 0 Å². The van der Waals surface area contributed by atoms with E-state index < -0.39 is 0 Å². The monoisotopic (exact) mass is 196 g/mol. The van der Waals surface area contributed by atoms with Crippen LogP contribution in [0.5, 0.6) is 0 Å². The molecule has 0 amide bonds. The first-order chi connectivity index (χ1) is 6.61. The highest BCUT2D eigenvalue weighted by Crippen LogP contribution is 2.16. The number of hydrogen-bond acceptors (Lipinski definition) is 3.